The Morgan fingerprint density at radius 1 is 0.708 bits per heavy atom. The Labute approximate surface area is 145 Å². The largest absolute Gasteiger partial charge is 0.463 e. The van der Waals surface area contributed by atoms with Gasteiger partial charge < -0.3 is 25.2 Å². The molecule has 2 unspecified atom stereocenters. The molecule has 144 valence electrons. The second-order valence-corrected chi connectivity index (χ2v) is 6.43. The fourth-order valence-electron chi connectivity index (χ4n) is 2.47. The summed E-state index contributed by atoms with van der Waals surface area (Å²) in [5, 5.41) is 35.5. The Bertz CT molecular complexity index is 285. The quantitative estimate of drug-likeness (QED) is 0.236. The predicted molar refractivity (Wildman–Crippen MR) is 92.5 cm³/mol. The van der Waals surface area contributed by atoms with E-state index >= 15 is 0 Å². The molecule has 2 atom stereocenters. The maximum atomic E-state index is 11.3. The van der Waals surface area contributed by atoms with Crippen molar-refractivity contribution < 1.29 is 30.0 Å². The van der Waals surface area contributed by atoms with E-state index in [-0.39, 0.29) is 19.2 Å². The Morgan fingerprint density at radius 3 is 1.67 bits per heavy atom. The van der Waals surface area contributed by atoms with Crippen LogP contribution in [0, 0.1) is 0 Å². The lowest BCUT2D eigenvalue weighted by Crippen LogP contribution is -2.21. The van der Waals surface area contributed by atoms with Gasteiger partial charge in [-0.1, -0.05) is 57.8 Å². The first-order valence-electron chi connectivity index (χ1n) is 9.33. The van der Waals surface area contributed by atoms with Crippen LogP contribution in [0.1, 0.15) is 77.0 Å². The number of unbranched alkanes of at least 4 members (excludes halogenated alkanes) is 9. The summed E-state index contributed by atoms with van der Waals surface area (Å²) >= 11 is 0. The van der Waals surface area contributed by atoms with Crippen molar-refractivity contribution in [3.8, 4) is 0 Å². The first kappa shape index (κ1) is 23.3. The van der Waals surface area contributed by atoms with Gasteiger partial charge in [0.25, 0.3) is 0 Å². The molecule has 0 saturated heterocycles. The molecule has 0 radical (unpaired) electrons. The summed E-state index contributed by atoms with van der Waals surface area (Å²) in [6.07, 6.45) is 10.6. The minimum Gasteiger partial charge on any atom is -0.463 e. The number of aliphatic hydroxyl groups is 4. The lowest BCUT2D eigenvalue weighted by molar-refractivity contribution is -0.147. The maximum absolute atomic E-state index is 11.3. The number of rotatable bonds is 17. The van der Waals surface area contributed by atoms with Crippen molar-refractivity contribution in [3.63, 3.8) is 0 Å². The number of carbonyl (C=O) groups is 1. The van der Waals surface area contributed by atoms with Crippen LogP contribution in [0.5, 0.6) is 0 Å². The molecule has 24 heavy (non-hydrogen) atoms. The number of ether oxygens (including phenoxy) is 1. The van der Waals surface area contributed by atoms with E-state index in [9.17, 15) is 9.90 Å². The van der Waals surface area contributed by atoms with Crippen molar-refractivity contribution in [2.24, 2.45) is 0 Å². The van der Waals surface area contributed by atoms with E-state index in [0.29, 0.717) is 12.8 Å². The number of esters is 1. The summed E-state index contributed by atoms with van der Waals surface area (Å²) in [4.78, 5) is 11.3. The molecule has 0 amide bonds. The highest BCUT2D eigenvalue weighted by molar-refractivity contribution is 5.69. The van der Waals surface area contributed by atoms with Crippen LogP contribution in [0.2, 0.25) is 0 Å². The van der Waals surface area contributed by atoms with Crippen LogP contribution in [0.15, 0.2) is 0 Å². The van der Waals surface area contributed by atoms with E-state index in [1.54, 1.807) is 0 Å². The molecule has 0 heterocycles. The third kappa shape index (κ3) is 16.2. The first-order valence-corrected chi connectivity index (χ1v) is 9.33. The zero-order valence-corrected chi connectivity index (χ0v) is 14.9. The van der Waals surface area contributed by atoms with E-state index in [0.717, 1.165) is 32.1 Å². The van der Waals surface area contributed by atoms with E-state index in [2.05, 4.69) is 0 Å². The van der Waals surface area contributed by atoms with E-state index in [4.69, 9.17) is 20.1 Å². The zero-order chi connectivity index (χ0) is 18.0. The van der Waals surface area contributed by atoms with Gasteiger partial charge >= 0.3 is 5.97 Å². The van der Waals surface area contributed by atoms with Gasteiger partial charge in [0.15, 0.2) is 0 Å². The summed E-state index contributed by atoms with van der Waals surface area (Å²) < 4.78 is 4.83. The molecular formula is C18H36O6. The number of carbonyl (C=O) groups excluding carboxylic acids is 1. The smallest absolute Gasteiger partial charge is 0.305 e. The molecule has 0 aromatic rings. The van der Waals surface area contributed by atoms with E-state index in [1.807, 2.05) is 0 Å². The number of hydrogen-bond donors (Lipinski definition) is 4. The molecule has 4 N–H and O–H groups in total. The predicted octanol–water partition coefficient (Wildman–Crippen LogP) is 1.92. The molecule has 0 aliphatic carbocycles. The summed E-state index contributed by atoms with van der Waals surface area (Å²) in [5.41, 5.74) is 0. The van der Waals surface area contributed by atoms with E-state index in [1.165, 1.54) is 32.1 Å². The Hall–Kier alpha value is -0.690. The SMILES string of the molecule is O=C(CCCCCCCCCCCCC(O)CO)OCC(O)CO. The lowest BCUT2D eigenvalue weighted by Gasteiger charge is -2.08. The second-order valence-electron chi connectivity index (χ2n) is 6.43. The fourth-order valence-corrected chi connectivity index (χ4v) is 2.47. The molecule has 0 aliphatic heterocycles. The highest BCUT2D eigenvalue weighted by atomic mass is 16.5. The van der Waals surface area contributed by atoms with E-state index < -0.39 is 18.8 Å². The summed E-state index contributed by atoms with van der Waals surface area (Å²) in [6.45, 7) is -0.658. The van der Waals surface area contributed by atoms with Gasteiger partial charge in [-0.25, -0.2) is 0 Å². The topological polar surface area (TPSA) is 107 Å². The molecular weight excluding hydrogens is 312 g/mol. The number of aliphatic hydroxyl groups excluding tert-OH is 4. The highest BCUT2D eigenvalue weighted by Crippen LogP contribution is 2.12. The maximum Gasteiger partial charge on any atom is 0.305 e. The minimum atomic E-state index is -0.978. The lowest BCUT2D eigenvalue weighted by atomic mass is 10.0. The van der Waals surface area contributed by atoms with Crippen LogP contribution >= 0.6 is 0 Å². The van der Waals surface area contributed by atoms with Gasteiger partial charge in [-0.15, -0.1) is 0 Å². The summed E-state index contributed by atoms with van der Waals surface area (Å²) in [7, 11) is 0. The van der Waals surface area contributed by atoms with Crippen molar-refractivity contribution in [2.75, 3.05) is 19.8 Å². The number of hydrogen-bond acceptors (Lipinski definition) is 6. The van der Waals surface area contributed by atoms with Crippen LogP contribution in [-0.2, 0) is 9.53 Å². The van der Waals surface area contributed by atoms with Gasteiger partial charge in [-0.3, -0.25) is 4.79 Å². The van der Waals surface area contributed by atoms with Crippen molar-refractivity contribution >= 4 is 5.97 Å². The fraction of sp³-hybridized carbons (Fsp3) is 0.944. The molecule has 0 bridgehead atoms. The molecule has 0 saturated carbocycles. The van der Waals surface area contributed by atoms with Crippen LogP contribution in [0.3, 0.4) is 0 Å². The second kappa shape index (κ2) is 17.1. The van der Waals surface area contributed by atoms with Crippen LogP contribution in [-0.4, -0.2) is 58.4 Å². The third-order valence-corrected chi connectivity index (χ3v) is 4.03. The Balaban J connectivity index is 3.18. The monoisotopic (exact) mass is 348 g/mol. The standard InChI is InChI=1S/C18H36O6/c19-13-16(21)11-9-7-5-3-1-2-4-6-8-10-12-18(23)24-15-17(22)14-20/h16-17,19-22H,1-15H2. The van der Waals surface area contributed by atoms with Gasteiger partial charge in [0.05, 0.1) is 19.3 Å². The average Bonchev–Trinajstić information content (AvgIpc) is 2.60. The summed E-state index contributed by atoms with van der Waals surface area (Å²) in [6, 6.07) is 0. The summed E-state index contributed by atoms with van der Waals surface area (Å²) in [5.74, 6) is -0.311. The molecule has 0 rings (SSSR count). The van der Waals surface area contributed by atoms with Crippen molar-refractivity contribution in [2.45, 2.75) is 89.3 Å². The van der Waals surface area contributed by atoms with Crippen molar-refractivity contribution in [1.82, 2.24) is 0 Å². The van der Waals surface area contributed by atoms with Gasteiger partial charge in [-0.2, -0.15) is 0 Å². The van der Waals surface area contributed by atoms with Gasteiger partial charge in [-0.05, 0) is 12.8 Å². The Kier molecular flexibility index (Phi) is 16.7. The molecule has 6 heteroatoms. The van der Waals surface area contributed by atoms with Gasteiger partial charge in [0.2, 0.25) is 0 Å². The van der Waals surface area contributed by atoms with Crippen LogP contribution < -0.4 is 0 Å². The average molecular weight is 348 g/mol. The highest BCUT2D eigenvalue weighted by Gasteiger charge is 2.07. The van der Waals surface area contributed by atoms with Crippen molar-refractivity contribution in [1.29, 1.82) is 0 Å². The molecule has 0 aromatic carbocycles. The third-order valence-electron chi connectivity index (χ3n) is 4.03. The molecule has 0 aromatic heterocycles. The minimum absolute atomic E-state index is 0.131. The molecule has 0 spiro atoms. The molecule has 6 nitrogen and oxygen atoms in total. The first-order chi connectivity index (χ1) is 11.6. The van der Waals surface area contributed by atoms with Gasteiger partial charge in [0, 0.05) is 6.42 Å². The Morgan fingerprint density at radius 2 is 1.17 bits per heavy atom. The van der Waals surface area contributed by atoms with Crippen LogP contribution in [0.25, 0.3) is 0 Å². The zero-order valence-electron chi connectivity index (χ0n) is 14.9. The molecule has 0 aliphatic rings. The van der Waals surface area contributed by atoms with Crippen LogP contribution in [0.4, 0.5) is 0 Å². The normalized spacial score (nSPS) is 13.7. The van der Waals surface area contributed by atoms with Crippen molar-refractivity contribution in [3.05, 3.63) is 0 Å². The van der Waals surface area contributed by atoms with Gasteiger partial charge in [0.1, 0.15) is 12.7 Å². The molecule has 0 fully saturated rings.